The first-order valence-electron chi connectivity index (χ1n) is 6.97. The van der Waals surface area contributed by atoms with Crippen molar-refractivity contribution >= 4 is 17.2 Å². The Hall–Kier alpha value is -3.21. The molecule has 5 nitrogen and oxygen atoms in total. The van der Waals surface area contributed by atoms with Gasteiger partial charge in [0.1, 0.15) is 0 Å². The maximum absolute atomic E-state index is 4.67. The van der Waals surface area contributed by atoms with Crippen molar-refractivity contribution in [1.29, 1.82) is 0 Å². The van der Waals surface area contributed by atoms with Crippen LogP contribution in [0.1, 0.15) is 0 Å². The molecule has 0 saturated carbocycles. The van der Waals surface area contributed by atoms with Gasteiger partial charge in [-0.1, -0.05) is 30.3 Å². The molecule has 0 radical (unpaired) electrons. The highest BCUT2D eigenvalue weighted by Crippen LogP contribution is 2.20. The topological polar surface area (TPSA) is 55.1 Å². The minimum Gasteiger partial charge on any atom is -0.338 e. The molecule has 106 valence electrons. The van der Waals surface area contributed by atoms with Crippen LogP contribution in [0.4, 0.5) is 11.5 Å². The van der Waals surface area contributed by atoms with Crippen molar-refractivity contribution in [2.75, 3.05) is 5.32 Å². The molecule has 0 aliphatic heterocycles. The van der Waals surface area contributed by atoms with Gasteiger partial charge in [-0.3, -0.25) is 4.98 Å². The van der Waals surface area contributed by atoms with E-state index in [0.717, 1.165) is 28.4 Å². The molecule has 3 heterocycles. The molecule has 0 saturated heterocycles. The Bertz CT molecular complexity index is 900. The second-order valence-corrected chi connectivity index (χ2v) is 4.86. The lowest BCUT2D eigenvalue weighted by molar-refractivity contribution is 0.948. The highest BCUT2D eigenvalue weighted by Gasteiger charge is 2.07. The Morgan fingerprint density at radius 3 is 2.59 bits per heavy atom. The molecule has 22 heavy (non-hydrogen) atoms. The smallest absolute Gasteiger partial charge is 0.155 e. The van der Waals surface area contributed by atoms with Gasteiger partial charge in [-0.05, 0) is 24.3 Å². The van der Waals surface area contributed by atoms with Crippen LogP contribution in [0.25, 0.3) is 16.9 Å². The molecular formula is C17H13N5. The van der Waals surface area contributed by atoms with Crippen LogP contribution in [0.3, 0.4) is 0 Å². The van der Waals surface area contributed by atoms with Crippen molar-refractivity contribution in [2.24, 2.45) is 0 Å². The van der Waals surface area contributed by atoms with Gasteiger partial charge in [0.25, 0.3) is 0 Å². The summed E-state index contributed by atoms with van der Waals surface area (Å²) in [6, 6.07) is 17.9. The number of imidazole rings is 1. The van der Waals surface area contributed by atoms with Gasteiger partial charge in [0.15, 0.2) is 11.5 Å². The lowest BCUT2D eigenvalue weighted by Crippen LogP contribution is -2.00. The Labute approximate surface area is 127 Å². The SMILES string of the molecule is c1ccc(-c2ccc3ncc(Nc4cccnc4)n3n2)cc1. The van der Waals surface area contributed by atoms with E-state index in [1.807, 2.05) is 54.6 Å². The van der Waals surface area contributed by atoms with Gasteiger partial charge in [0.2, 0.25) is 0 Å². The Morgan fingerprint density at radius 1 is 0.864 bits per heavy atom. The van der Waals surface area contributed by atoms with E-state index in [0.29, 0.717) is 0 Å². The van der Waals surface area contributed by atoms with Crippen molar-refractivity contribution in [2.45, 2.75) is 0 Å². The number of benzene rings is 1. The number of nitrogens with zero attached hydrogens (tertiary/aromatic N) is 4. The number of pyridine rings is 1. The van der Waals surface area contributed by atoms with Crippen LogP contribution in [0, 0.1) is 0 Å². The second kappa shape index (κ2) is 5.29. The minimum absolute atomic E-state index is 0.797. The largest absolute Gasteiger partial charge is 0.338 e. The molecule has 5 heteroatoms. The zero-order valence-electron chi connectivity index (χ0n) is 11.7. The molecular weight excluding hydrogens is 274 g/mol. The third-order valence-electron chi connectivity index (χ3n) is 3.37. The standard InChI is InChI=1S/C17H13N5/c1-2-5-13(6-3-1)15-8-9-16-19-12-17(22(16)21-15)20-14-7-4-10-18-11-14/h1-12,20H. The highest BCUT2D eigenvalue weighted by molar-refractivity contribution is 5.63. The van der Waals surface area contributed by atoms with Crippen LogP contribution in [0.2, 0.25) is 0 Å². The fraction of sp³-hybridized carbons (Fsp3) is 0. The first-order chi connectivity index (χ1) is 10.9. The maximum atomic E-state index is 4.67. The fourth-order valence-electron chi connectivity index (χ4n) is 2.31. The van der Waals surface area contributed by atoms with Crippen LogP contribution >= 0.6 is 0 Å². The first-order valence-corrected chi connectivity index (χ1v) is 6.97. The molecule has 0 unspecified atom stereocenters. The summed E-state index contributed by atoms with van der Waals surface area (Å²) in [4.78, 5) is 8.47. The summed E-state index contributed by atoms with van der Waals surface area (Å²) in [6.07, 6.45) is 5.27. The first kappa shape index (κ1) is 12.5. The molecule has 4 rings (SSSR count). The molecule has 3 aromatic heterocycles. The van der Waals surface area contributed by atoms with E-state index in [1.54, 1.807) is 23.1 Å². The molecule has 0 amide bonds. The summed E-state index contributed by atoms with van der Waals surface area (Å²) in [7, 11) is 0. The van der Waals surface area contributed by atoms with Gasteiger partial charge in [0, 0.05) is 11.8 Å². The fourth-order valence-corrected chi connectivity index (χ4v) is 2.31. The molecule has 0 fully saturated rings. The van der Waals surface area contributed by atoms with Crippen LogP contribution in [-0.4, -0.2) is 19.6 Å². The lowest BCUT2D eigenvalue weighted by atomic mass is 10.1. The number of anilines is 2. The second-order valence-electron chi connectivity index (χ2n) is 4.86. The van der Waals surface area contributed by atoms with Gasteiger partial charge in [-0.2, -0.15) is 9.61 Å². The lowest BCUT2D eigenvalue weighted by Gasteiger charge is -2.06. The van der Waals surface area contributed by atoms with Gasteiger partial charge in [0.05, 0.1) is 23.8 Å². The molecule has 1 aromatic carbocycles. The summed E-state index contributed by atoms with van der Waals surface area (Å²) < 4.78 is 1.80. The summed E-state index contributed by atoms with van der Waals surface area (Å²) in [5.41, 5.74) is 3.67. The quantitative estimate of drug-likeness (QED) is 0.626. The van der Waals surface area contributed by atoms with Crippen molar-refractivity contribution in [3.8, 4) is 11.3 Å². The average Bonchev–Trinajstić information content (AvgIpc) is 2.99. The van der Waals surface area contributed by atoms with Gasteiger partial charge in [-0.15, -0.1) is 0 Å². The minimum atomic E-state index is 0.797. The summed E-state index contributed by atoms with van der Waals surface area (Å²) in [5, 5.41) is 7.95. The molecule has 4 aromatic rings. The zero-order valence-corrected chi connectivity index (χ0v) is 11.7. The molecule has 0 bridgehead atoms. The van der Waals surface area contributed by atoms with Crippen LogP contribution in [-0.2, 0) is 0 Å². The van der Waals surface area contributed by atoms with E-state index in [2.05, 4.69) is 20.4 Å². The number of fused-ring (bicyclic) bond motifs is 1. The maximum Gasteiger partial charge on any atom is 0.155 e. The normalized spacial score (nSPS) is 10.7. The third-order valence-corrected chi connectivity index (χ3v) is 3.37. The van der Waals surface area contributed by atoms with Crippen molar-refractivity contribution < 1.29 is 0 Å². The third kappa shape index (κ3) is 2.29. The van der Waals surface area contributed by atoms with E-state index in [4.69, 9.17) is 0 Å². The molecule has 0 aliphatic rings. The van der Waals surface area contributed by atoms with E-state index >= 15 is 0 Å². The number of aromatic nitrogens is 4. The molecule has 0 atom stereocenters. The predicted octanol–water partition coefficient (Wildman–Crippen LogP) is 3.53. The van der Waals surface area contributed by atoms with E-state index < -0.39 is 0 Å². The summed E-state index contributed by atoms with van der Waals surface area (Å²) in [5.74, 6) is 0.806. The number of hydrogen-bond acceptors (Lipinski definition) is 4. The van der Waals surface area contributed by atoms with Crippen molar-refractivity contribution in [1.82, 2.24) is 19.6 Å². The highest BCUT2D eigenvalue weighted by atomic mass is 15.3. The van der Waals surface area contributed by atoms with E-state index in [-0.39, 0.29) is 0 Å². The zero-order chi connectivity index (χ0) is 14.8. The number of hydrogen-bond donors (Lipinski definition) is 1. The van der Waals surface area contributed by atoms with E-state index in [1.165, 1.54) is 0 Å². The van der Waals surface area contributed by atoms with Gasteiger partial charge >= 0.3 is 0 Å². The molecule has 0 spiro atoms. The molecule has 0 aliphatic carbocycles. The number of rotatable bonds is 3. The van der Waals surface area contributed by atoms with E-state index in [9.17, 15) is 0 Å². The predicted molar refractivity (Wildman–Crippen MR) is 85.9 cm³/mol. The average molecular weight is 287 g/mol. The summed E-state index contributed by atoms with van der Waals surface area (Å²) in [6.45, 7) is 0. The van der Waals surface area contributed by atoms with Crippen molar-refractivity contribution in [3.63, 3.8) is 0 Å². The Kier molecular flexibility index (Phi) is 3.01. The number of nitrogens with one attached hydrogen (secondary N) is 1. The van der Waals surface area contributed by atoms with Gasteiger partial charge in [-0.25, -0.2) is 4.98 Å². The Morgan fingerprint density at radius 2 is 1.77 bits per heavy atom. The molecule has 1 N–H and O–H groups in total. The monoisotopic (exact) mass is 287 g/mol. The Balaban J connectivity index is 1.77. The van der Waals surface area contributed by atoms with Crippen LogP contribution in [0.15, 0.2) is 73.2 Å². The summed E-state index contributed by atoms with van der Waals surface area (Å²) >= 11 is 0. The van der Waals surface area contributed by atoms with Gasteiger partial charge < -0.3 is 5.32 Å². The van der Waals surface area contributed by atoms with Crippen LogP contribution in [0.5, 0.6) is 0 Å². The van der Waals surface area contributed by atoms with Crippen LogP contribution < -0.4 is 5.32 Å². The van der Waals surface area contributed by atoms with Crippen molar-refractivity contribution in [3.05, 3.63) is 73.2 Å².